The topological polar surface area (TPSA) is 115 Å². The highest BCUT2D eigenvalue weighted by molar-refractivity contribution is 7.89. The maximum absolute atomic E-state index is 13.1. The average molecular weight is 478 g/mol. The first-order valence-electron chi connectivity index (χ1n) is 11.3. The van der Waals surface area contributed by atoms with Gasteiger partial charge in [0.15, 0.2) is 0 Å². The number of aryl methyl sites for hydroxylation is 2. The Hall–Kier alpha value is -2.47. The first kappa shape index (κ1) is 23.7. The minimum Gasteiger partial charge on any atom is -0.381 e. The van der Waals surface area contributed by atoms with E-state index in [1.807, 2.05) is 13.2 Å². The van der Waals surface area contributed by atoms with Crippen molar-refractivity contribution in [3.05, 3.63) is 36.2 Å². The maximum atomic E-state index is 13.1. The summed E-state index contributed by atoms with van der Waals surface area (Å²) in [5, 5.41) is 10.3. The molecule has 1 aromatic carbocycles. The summed E-state index contributed by atoms with van der Waals surface area (Å²) in [6.07, 6.45) is 6.52. The van der Waals surface area contributed by atoms with Gasteiger partial charge in [0, 0.05) is 45.9 Å². The van der Waals surface area contributed by atoms with Crippen LogP contribution in [0, 0.1) is 0 Å². The van der Waals surface area contributed by atoms with Crippen molar-refractivity contribution in [1.82, 2.24) is 14.1 Å². The molecule has 0 bridgehead atoms. The summed E-state index contributed by atoms with van der Waals surface area (Å²) in [7, 11) is -1.85. The van der Waals surface area contributed by atoms with Crippen LogP contribution in [0.2, 0.25) is 0 Å². The molecule has 180 valence electrons. The van der Waals surface area contributed by atoms with Crippen LogP contribution in [0.25, 0.3) is 0 Å². The normalized spacial score (nSPS) is 19.5. The van der Waals surface area contributed by atoms with Crippen molar-refractivity contribution in [3.63, 3.8) is 0 Å². The van der Waals surface area contributed by atoms with Crippen LogP contribution in [0.1, 0.15) is 24.8 Å². The number of nitrogens with zero attached hydrogens (tertiary/aromatic N) is 3. The lowest BCUT2D eigenvalue weighted by Gasteiger charge is -2.26. The van der Waals surface area contributed by atoms with Crippen molar-refractivity contribution in [2.45, 2.75) is 36.7 Å². The van der Waals surface area contributed by atoms with E-state index in [0.717, 1.165) is 25.0 Å². The molecule has 0 saturated carbocycles. The van der Waals surface area contributed by atoms with Crippen LogP contribution < -0.4 is 10.6 Å². The van der Waals surface area contributed by atoms with Crippen LogP contribution >= 0.6 is 0 Å². The lowest BCUT2D eigenvalue weighted by atomic mass is 10.2. The Labute approximate surface area is 194 Å². The molecule has 3 heterocycles. The third kappa shape index (κ3) is 6.11. The van der Waals surface area contributed by atoms with Gasteiger partial charge in [-0.05, 0) is 43.0 Å². The number of carbonyl (C=O) groups excluding carboxylic acids is 1. The Kier molecular flexibility index (Phi) is 7.63. The van der Waals surface area contributed by atoms with Crippen molar-refractivity contribution in [2.75, 3.05) is 50.1 Å². The summed E-state index contributed by atoms with van der Waals surface area (Å²) < 4.78 is 40.3. The Balaban J connectivity index is 1.50. The standard InChI is InChI=1S/C22H31N5O5S/c1-26-16-17(14-24-26)4-7-22(28)25-21-13-19(33(29,30)27-8-11-31-12-9-27)5-6-20(21)23-15-18-3-2-10-32-18/h5-6,13-14,16,18,23H,2-4,7-12,15H2,1H3,(H,25,28). The van der Waals surface area contributed by atoms with Gasteiger partial charge in [-0.2, -0.15) is 9.40 Å². The summed E-state index contributed by atoms with van der Waals surface area (Å²) in [5.41, 5.74) is 2.08. The quantitative estimate of drug-likeness (QED) is 0.564. The Morgan fingerprint density at radius 3 is 2.73 bits per heavy atom. The van der Waals surface area contributed by atoms with E-state index in [1.165, 1.54) is 10.4 Å². The summed E-state index contributed by atoms with van der Waals surface area (Å²) in [6.45, 7) is 2.72. The van der Waals surface area contributed by atoms with Gasteiger partial charge in [0.2, 0.25) is 15.9 Å². The zero-order chi connectivity index (χ0) is 23.3. The second-order valence-electron chi connectivity index (χ2n) is 8.31. The van der Waals surface area contributed by atoms with Gasteiger partial charge >= 0.3 is 0 Å². The molecule has 2 aliphatic heterocycles. The van der Waals surface area contributed by atoms with E-state index in [0.29, 0.717) is 50.6 Å². The van der Waals surface area contributed by atoms with Crippen LogP contribution in [-0.2, 0) is 37.8 Å². The van der Waals surface area contributed by atoms with Gasteiger partial charge in [0.1, 0.15) is 0 Å². The number of aromatic nitrogens is 2. The molecule has 4 rings (SSSR count). The lowest BCUT2D eigenvalue weighted by molar-refractivity contribution is -0.116. The zero-order valence-corrected chi connectivity index (χ0v) is 19.6. The number of hydrogen-bond donors (Lipinski definition) is 2. The molecule has 2 aliphatic rings. The summed E-state index contributed by atoms with van der Waals surface area (Å²) in [6, 6.07) is 4.82. The van der Waals surface area contributed by atoms with Gasteiger partial charge < -0.3 is 20.1 Å². The fourth-order valence-electron chi connectivity index (χ4n) is 3.98. The first-order chi connectivity index (χ1) is 15.9. The van der Waals surface area contributed by atoms with Crippen LogP contribution in [0.15, 0.2) is 35.5 Å². The molecule has 2 aromatic rings. The summed E-state index contributed by atoms with van der Waals surface area (Å²) in [5.74, 6) is -0.195. The van der Waals surface area contributed by atoms with E-state index in [1.54, 1.807) is 23.0 Å². The van der Waals surface area contributed by atoms with Crippen molar-refractivity contribution in [3.8, 4) is 0 Å². The van der Waals surface area contributed by atoms with Crippen LogP contribution in [-0.4, -0.2) is 74.0 Å². The predicted octanol–water partition coefficient (Wildman–Crippen LogP) is 1.60. The fraction of sp³-hybridized carbons (Fsp3) is 0.545. The van der Waals surface area contributed by atoms with E-state index in [2.05, 4.69) is 15.7 Å². The van der Waals surface area contributed by atoms with E-state index >= 15 is 0 Å². The summed E-state index contributed by atoms with van der Waals surface area (Å²) >= 11 is 0. The molecule has 0 radical (unpaired) electrons. The lowest BCUT2D eigenvalue weighted by Crippen LogP contribution is -2.40. The minimum atomic E-state index is -3.68. The van der Waals surface area contributed by atoms with Gasteiger partial charge in [0.05, 0.1) is 41.8 Å². The van der Waals surface area contributed by atoms with Crippen LogP contribution in [0.4, 0.5) is 11.4 Å². The molecule has 10 nitrogen and oxygen atoms in total. The number of carbonyl (C=O) groups is 1. The Bertz CT molecular complexity index is 1060. The molecule has 33 heavy (non-hydrogen) atoms. The van der Waals surface area contributed by atoms with Crippen molar-refractivity contribution in [2.24, 2.45) is 7.05 Å². The number of benzene rings is 1. The number of sulfonamides is 1. The zero-order valence-electron chi connectivity index (χ0n) is 18.8. The molecule has 1 atom stereocenters. The van der Waals surface area contributed by atoms with E-state index in [-0.39, 0.29) is 23.3 Å². The molecule has 2 saturated heterocycles. The molecule has 0 aliphatic carbocycles. The molecular formula is C22H31N5O5S. The second-order valence-corrected chi connectivity index (χ2v) is 10.2. The third-order valence-corrected chi connectivity index (χ3v) is 7.71. The molecule has 1 amide bonds. The fourth-order valence-corrected chi connectivity index (χ4v) is 5.41. The Morgan fingerprint density at radius 2 is 2.03 bits per heavy atom. The Morgan fingerprint density at radius 1 is 1.21 bits per heavy atom. The van der Waals surface area contributed by atoms with Crippen molar-refractivity contribution in [1.29, 1.82) is 0 Å². The van der Waals surface area contributed by atoms with Gasteiger partial charge in [-0.1, -0.05) is 0 Å². The SMILES string of the molecule is Cn1cc(CCC(=O)Nc2cc(S(=O)(=O)N3CCOCC3)ccc2NCC2CCCO2)cn1. The number of morpholine rings is 1. The number of rotatable bonds is 9. The second kappa shape index (κ2) is 10.6. The molecule has 2 N–H and O–H groups in total. The molecule has 11 heteroatoms. The van der Waals surface area contributed by atoms with E-state index in [4.69, 9.17) is 9.47 Å². The number of anilines is 2. The predicted molar refractivity (Wildman–Crippen MR) is 124 cm³/mol. The van der Waals surface area contributed by atoms with E-state index < -0.39 is 10.0 Å². The number of hydrogen-bond acceptors (Lipinski definition) is 7. The number of ether oxygens (including phenoxy) is 2. The molecule has 1 unspecified atom stereocenters. The number of nitrogens with one attached hydrogen (secondary N) is 2. The highest BCUT2D eigenvalue weighted by atomic mass is 32.2. The molecule has 2 fully saturated rings. The molecular weight excluding hydrogens is 446 g/mol. The van der Waals surface area contributed by atoms with Crippen LogP contribution in [0.3, 0.4) is 0 Å². The average Bonchev–Trinajstić information content (AvgIpc) is 3.49. The molecule has 0 spiro atoms. The third-order valence-electron chi connectivity index (χ3n) is 5.82. The molecule has 1 aromatic heterocycles. The largest absolute Gasteiger partial charge is 0.381 e. The smallest absolute Gasteiger partial charge is 0.243 e. The van der Waals surface area contributed by atoms with Crippen molar-refractivity contribution >= 4 is 27.3 Å². The minimum absolute atomic E-state index is 0.107. The maximum Gasteiger partial charge on any atom is 0.243 e. The van der Waals surface area contributed by atoms with E-state index in [9.17, 15) is 13.2 Å². The monoisotopic (exact) mass is 477 g/mol. The highest BCUT2D eigenvalue weighted by Crippen LogP contribution is 2.28. The van der Waals surface area contributed by atoms with Gasteiger partial charge in [-0.25, -0.2) is 8.42 Å². The van der Waals surface area contributed by atoms with Gasteiger partial charge in [0.25, 0.3) is 0 Å². The first-order valence-corrected chi connectivity index (χ1v) is 12.7. The number of amides is 1. The van der Waals surface area contributed by atoms with Crippen molar-refractivity contribution < 1.29 is 22.7 Å². The van der Waals surface area contributed by atoms with Gasteiger partial charge in [-0.3, -0.25) is 9.48 Å². The van der Waals surface area contributed by atoms with Crippen LogP contribution in [0.5, 0.6) is 0 Å². The van der Waals surface area contributed by atoms with Gasteiger partial charge in [-0.15, -0.1) is 0 Å². The highest BCUT2D eigenvalue weighted by Gasteiger charge is 2.27. The summed E-state index contributed by atoms with van der Waals surface area (Å²) in [4.78, 5) is 12.8.